The first kappa shape index (κ1) is 8.96. The highest BCUT2D eigenvalue weighted by Gasteiger charge is 2.40. The predicted molar refractivity (Wildman–Crippen MR) is 43.6 cm³/mol. The number of hydrogen-bond donors (Lipinski definition) is 2. The van der Waals surface area contributed by atoms with Gasteiger partial charge in [-0.15, -0.1) is 0 Å². The van der Waals surface area contributed by atoms with Crippen LogP contribution in [0.25, 0.3) is 0 Å². The van der Waals surface area contributed by atoms with Crippen molar-refractivity contribution < 1.29 is 8.42 Å². The molecule has 1 aliphatic carbocycles. The molecule has 0 aromatic heterocycles. The minimum Gasteiger partial charge on any atom is -0.329 e. The smallest absolute Gasteiger partial charge is 0.213 e. The van der Waals surface area contributed by atoms with Gasteiger partial charge in [0, 0.05) is 12.1 Å². The van der Waals surface area contributed by atoms with E-state index in [1.165, 1.54) is 0 Å². The second-order valence-corrected chi connectivity index (χ2v) is 5.11. The molecule has 1 rings (SSSR count). The van der Waals surface area contributed by atoms with Crippen molar-refractivity contribution in [1.82, 2.24) is 4.72 Å². The van der Waals surface area contributed by atoms with Crippen LogP contribution in [0.15, 0.2) is 0 Å². The van der Waals surface area contributed by atoms with Crippen LogP contribution in [0.3, 0.4) is 0 Å². The molecule has 3 N–H and O–H groups in total. The van der Waals surface area contributed by atoms with Crippen LogP contribution in [-0.4, -0.2) is 26.3 Å². The molecule has 0 atom stereocenters. The van der Waals surface area contributed by atoms with E-state index in [0.29, 0.717) is 0 Å². The summed E-state index contributed by atoms with van der Waals surface area (Å²) in [4.78, 5) is 0. The van der Waals surface area contributed by atoms with Crippen molar-refractivity contribution in [2.45, 2.75) is 25.3 Å². The summed E-state index contributed by atoms with van der Waals surface area (Å²) < 4.78 is 24.8. The summed E-state index contributed by atoms with van der Waals surface area (Å²) in [5.74, 6) is 0.0303. The van der Waals surface area contributed by atoms with E-state index < -0.39 is 10.0 Å². The van der Waals surface area contributed by atoms with Gasteiger partial charge >= 0.3 is 0 Å². The van der Waals surface area contributed by atoms with E-state index in [1.54, 1.807) is 0 Å². The number of rotatable bonds is 4. The highest BCUT2D eigenvalue weighted by Crippen LogP contribution is 2.34. The van der Waals surface area contributed by atoms with Crippen molar-refractivity contribution in [3.8, 4) is 0 Å². The number of nitrogens with one attached hydrogen (secondary N) is 1. The van der Waals surface area contributed by atoms with Crippen molar-refractivity contribution >= 4 is 10.0 Å². The van der Waals surface area contributed by atoms with E-state index in [9.17, 15) is 8.42 Å². The van der Waals surface area contributed by atoms with Gasteiger partial charge < -0.3 is 5.73 Å². The lowest BCUT2D eigenvalue weighted by atomic mass is 10.4. The molecule has 0 aliphatic heterocycles. The Kier molecular flexibility index (Phi) is 2.22. The van der Waals surface area contributed by atoms with Crippen LogP contribution in [0.5, 0.6) is 0 Å². The zero-order valence-electron chi connectivity index (χ0n) is 6.63. The Labute approximate surface area is 67.2 Å². The molecule has 0 unspecified atom stereocenters. The summed E-state index contributed by atoms with van der Waals surface area (Å²) in [5, 5.41) is 0. The predicted octanol–water partition coefficient (Wildman–Crippen LogP) is -0.583. The average molecular weight is 178 g/mol. The first-order valence-electron chi connectivity index (χ1n) is 3.69. The lowest BCUT2D eigenvalue weighted by molar-refractivity contribution is 0.558. The molecule has 1 aliphatic rings. The third-order valence-electron chi connectivity index (χ3n) is 1.79. The number of nitrogens with two attached hydrogens (primary N) is 1. The molecule has 0 bridgehead atoms. The lowest BCUT2D eigenvalue weighted by Gasteiger charge is -2.10. The number of sulfonamides is 1. The molecular formula is C6H14N2O2S. The molecule has 0 spiro atoms. The molecule has 66 valence electrons. The Morgan fingerprint density at radius 2 is 2.09 bits per heavy atom. The third kappa shape index (κ3) is 2.76. The van der Waals surface area contributed by atoms with Gasteiger partial charge in [-0.3, -0.25) is 0 Å². The summed E-state index contributed by atoms with van der Waals surface area (Å²) >= 11 is 0. The van der Waals surface area contributed by atoms with Gasteiger partial charge in [0.1, 0.15) is 0 Å². The Balaban J connectivity index is 2.47. The summed E-state index contributed by atoms with van der Waals surface area (Å²) in [5.41, 5.74) is 4.98. The fraction of sp³-hybridized carbons (Fsp3) is 1.00. The van der Waals surface area contributed by atoms with Gasteiger partial charge in [0.2, 0.25) is 10.0 Å². The van der Waals surface area contributed by atoms with E-state index in [-0.39, 0.29) is 17.8 Å². The number of hydrogen-bond acceptors (Lipinski definition) is 3. The van der Waals surface area contributed by atoms with Gasteiger partial charge in [-0.05, 0) is 19.8 Å². The van der Waals surface area contributed by atoms with Gasteiger partial charge in [-0.25, -0.2) is 13.1 Å². The van der Waals surface area contributed by atoms with Crippen LogP contribution in [-0.2, 0) is 10.0 Å². The molecule has 0 amide bonds. The fourth-order valence-corrected chi connectivity index (χ4v) is 2.24. The minimum absolute atomic E-state index is 0.0303. The average Bonchev–Trinajstić information content (AvgIpc) is 2.45. The quantitative estimate of drug-likeness (QED) is 0.605. The molecule has 0 aromatic carbocycles. The largest absolute Gasteiger partial charge is 0.329 e. The summed E-state index contributed by atoms with van der Waals surface area (Å²) in [6.45, 7) is 2.09. The van der Waals surface area contributed by atoms with E-state index in [4.69, 9.17) is 5.73 Å². The first-order chi connectivity index (χ1) is 4.97. The van der Waals surface area contributed by atoms with Crippen molar-refractivity contribution in [2.24, 2.45) is 5.73 Å². The first-order valence-corrected chi connectivity index (χ1v) is 5.34. The van der Waals surface area contributed by atoms with Crippen LogP contribution in [0, 0.1) is 0 Å². The maximum Gasteiger partial charge on any atom is 0.213 e. The highest BCUT2D eigenvalue weighted by atomic mass is 32.2. The zero-order valence-corrected chi connectivity index (χ0v) is 7.45. The molecule has 1 fully saturated rings. The Morgan fingerprint density at radius 1 is 1.55 bits per heavy atom. The molecule has 11 heavy (non-hydrogen) atoms. The van der Waals surface area contributed by atoms with Gasteiger partial charge in [0.15, 0.2) is 0 Å². The SMILES string of the molecule is CC1(NS(=O)(=O)CCN)CC1. The molecule has 4 nitrogen and oxygen atoms in total. The minimum atomic E-state index is -3.10. The Morgan fingerprint density at radius 3 is 2.45 bits per heavy atom. The highest BCUT2D eigenvalue weighted by molar-refractivity contribution is 7.89. The Hall–Kier alpha value is -0.130. The van der Waals surface area contributed by atoms with E-state index in [2.05, 4.69) is 4.72 Å². The standard InChI is InChI=1S/C6H14N2O2S/c1-6(2-3-6)8-11(9,10)5-4-7/h8H,2-5,7H2,1H3. The molecule has 0 saturated heterocycles. The third-order valence-corrected chi connectivity index (χ3v) is 3.37. The second-order valence-electron chi connectivity index (χ2n) is 3.27. The molecule has 0 heterocycles. The lowest BCUT2D eigenvalue weighted by Crippen LogP contribution is -2.37. The van der Waals surface area contributed by atoms with E-state index >= 15 is 0 Å². The fourth-order valence-electron chi connectivity index (χ4n) is 0.871. The monoisotopic (exact) mass is 178 g/mol. The van der Waals surface area contributed by atoms with Gasteiger partial charge in [0.25, 0.3) is 0 Å². The maximum atomic E-state index is 11.1. The van der Waals surface area contributed by atoms with Gasteiger partial charge in [-0.2, -0.15) is 0 Å². The van der Waals surface area contributed by atoms with Gasteiger partial charge in [0.05, 0.1) is 5.75 Å². The van der Waals surface area contributed by atoms with Crippen LogP contribution in [0.1, 0.15) is 19.8 Å². The van der Waals surface area contributed by atoms with Crippen LogP contribution >= 0.6 is 0 Å². The van der Waals surface area contributed by atoms with Crippen LogP contribution in [0.4, 0.5) is 0 Å². The zero-order chi connectivity index (χ0) is 8.54. The molecular weight excluding hydrogens is 164 g/mol. The molecule has 1 saturated carbocycles. The van der Waals surface area contributed by atoms with Crippen molar-refractivity contribution in [1.29, 1.82) is 0 Å². The summed E-state index contributed by atoms with van der Waals surface area (Å²) in [7, 11) is -3.10. The summed E-state index contributed by atoms with van der Waals surface area (Å²) in [6.07, 6.45) is 1.88. The normalized spacial score (nSPS) is 21.6. The molecule has 0 aromatic rings. The van der Waals surface area contributed by atoms with E-state index in [1.807, 2.05) is 6.92 Å². The van der Waals surface area contributed by atoms with Crippen molar-refractivity contribution in [2.75, 3.05) is 12.3 Å². The van der Waals surface area contributed by atoms with Crippen molar-refractivity contribution in [3.05, 3.63) is 0 Å². The maximum absolute atomic E-state index is 11.1. The molecule has 5 heteroatoms. The van der Waals surface area contributed by atoms with E-state index in [0.717, 1.165) is 12.8 Å². The molecule has 0 radical (unpaired) electrons. The topological polar surface area (TPSA) is 72.2 Å². The van der Waals surface area contributed by atoms with Crippen molar-refractivity contribution in [3.63, 3.8) is 0 Å². The van der Waals surface area contributed by atoms with Crippen LogP contribution < -0.4 is 10.5 Å². The van der Waals surface area contributed by atoms with Gasteiger partial charge in [-0.1, -0.05) is 0 Å². The Bertz CT molecular complexity index is 231. The second kappa shape index (κ2) is 2.73. The summed E-state index contributed by atoms with van der Waals surface area (Å²) in [6, 6.07) is 0. The van der Waals surface area contributed by atoms with Crippen LogP contribution in [0.2, 0.25) is 0 Å².